The van der Waals surface area contributed by atoms with Crippen LogP contribution >= 0.6 is 0 Å². The zero-order chi connectivity index (χ0) is 12.8. The van der Waals surface area contributed by atoms with Gasteiger partial charge in [0.15, 0.2) is 11.5 Å². The lowest BCUT2D eigenvalue weighted by molar-refractivity contribution is -0.138. The highest BCUT2D eigenvalue weighted by Gasteiger charge is 2.33. The van der Waals surface area contributed by atoms with Crippen molar-refractivity contribution in [1.82, 2.24) is 14.6 Å². The summed E-state index contributed by atoms with van der Waals surface area (Å²) in [5.41, 5.74) is -0.168. The molecule has 92 valence electrons. The van der Waals surface area contributed by atoms with Crippen LogP contribution in [0.5, 0.6) is 0 Å². The molecule has 2 aromatic rings. The zero-order valence-corrected chi connectivity index (χ0v) is 9.71. The van der Waals surface area contributed by atoms with Crippen molar-refractivity contribution in [3.63, 3.8) is 0 Å². The summed E-state index contributed by atoms with van der Waals surface area (Å²) < 4.78 is 39.3. The number of alkyl halides is 3. The van der Waals surface area contributed by atoms with Gasteiger partial charge in [0.25, 0.3) is 0 Å². The van der Waals surface area contributed by atoms with E-state index in [0.717, 1.165) is 6.07 Å². The monoisotopic (exact) mass is 243 g/mol. The van der Waals surface area contributed by atoms with Crippen molar-refractivity contribution in [2.45, 2.75) is 32.9 Å². The summed E-state index contributed by atoms with van der Waals surface area (Å²) in [7, 11) is 0. The minimum absolute atomic E-state index is 0.0643. The normalized spacial score (nSPS) is 12.6. The minimum atomic E-state index is -4.36. The highest BCUT2D eigenvalue weighted by atomic mass is 19.4. The summed E-state index contributed by atoms with van der Waals surface area (Å²) in [6, 6.07) is 2.39. The van der Waals surface area contributed by atoms with Gasteiger partial charge in [-0.05, 0) is 19.1 Å². The van der Waals surface area contributed by atoms with Crippen molar-refractivity contribution >= 4 is 5.65 Å². The molecule has 0 bridgehead atoms. The molecule has 0 aliphatic heterocycles. The van der Waals surface area contributed by atoms with Gasteiger partial charge in [0.05, 0.1) is 11.3 Å². The van der Waals surface area contributed by atoms with Crippen LogP contribution in [0.3, 0.4) is 0 Å². The van der Waals surface area contributed by atoms with Crippen LogP contribution in [0.1, 0.15) is 36.8 Å². The van der Waals surface area contributed by atoms with Crippen LogP contribution in [0.25, 0.3) is 5.65 Å². The molecule has 0 saturated carbocycles. The lowest BCUT2D eigenvalue weighted by Gasteiger charge is -2.10. The first-order valence-corrected chi connectivity index (χ1v) is 5.24. The van der Waals surface area contributed by atoms with E-state index in [1.54, 1.807) is 0 Å². The molecule has 17 heavy (non-hydrogen) atoms. The highest BCUT2D eigenvalue weighted by molar-refractivity contribution is 5.43. The third-order valence-corrected chi connectivity index (χ3v) is 2.58. The first-order chi connectivity index (χ1) is 7.80. The van der Waals surface area contributed by atoms with Crippen molar-refractivity contribution in [1.29, 1.82) is 0 Å². The molecule has 0 N–H and O–H groups in total. The SMILES string of the molecule is Cc1c(C(F)(F)F)ccc2nc(C(C)C)nn12. The molecule has 0 aromatic carbocycles. The standard InChI is InChI=1S/C11H12F3N3/c1-6(2)10-15-9-5-4-8(11(12,13)14)7(3)17(9)16-10/h4-6H,1-3H3. The van der Waals surface area contributed by atoms with E-state index < -0.39 is 11.7 Å². The van der Waals surface area contributed by atoms with Gasteiger partial charge in [-0.3, -0.25) is 0 Å². The number of pyridine rings is 1. The Morgan fingerprint density at radius 1 is 1.24 bits per heavy atom. The van der Waals surface area contributed by atoms with Crippen molar-refractivity contribution in [3.8, 4) is 0 Å². The van der Waals surface area contributed by atoms with Gasteiger partial charge >= 0.3 is 6.18 Å². The highest BCUT2D eigenvalue weighted by Crippen LogP contribution is 2.31. The Bertz CT molecular complexity index is 555. The molecular weight excluding hydrogens is 231 g/mol. The van der Waals surface area contributed by atoms with Crippen LogP contribution in [-0.2, 0) is 6.18 Å². The molecule has 0 atom stereocenters. The smallest absolute Gasteiger partial charge is 0.217 e. The molecule has 0 fully saturated rings. The summed E-state index contributed by atoms with van der Waals surface area (Å²) in [6.45, 7) is 5.19. The largest absolute Gasteiger partial charge is 0.418 e. The van der Waals surface area contributed by atoms with Crippen LogP contribution in [0.4, 0.5) is 13.2 Å². The second-order valence-corrected chi connectivity index (χ2v) is 4.22. The molecule has 0 aliphatic rings. The lowest BCUT2D eigenvalue weighted by Crippen LogP contribution is -2.11. The van der Waals surface area contributed by atoms with E-state index >= 15 is 0 Å². The Morgan fingerprint density at radius 2 is 1.88 bits per heavy atom. The van der Waals surface area contributed by atoms with Gasteiger partial charge in [0, 0.05) is 5.92 Å². The Balaban J connectivity index is 2.67. The molecule has 0 radical (unpaired) electrons. The van der Waals surface area contributed by atoms with Crippen molar-refractivity contribution < 1.29 is 13.2 Å². The second kappa shape index (κ2) is 3.72. The summed E-state index contributed by atoms with van der Waals surface area (Å²) in [5, 5.41) is 4.09. The predicted octanol–water partition coefficient (Wildman–Crippen LogP) is 3.18. The molecule has 2 heterocycles. The number of rotatable bonds is 1. The van der Waals surface area contributed by atoms with E-state index in [1.807, 2.05) is 13.8 Å². The van der Waals surface area contributed by atoms with E-state index in [4.69, 9.17) is 0 Å². The van der Waals surface area contributed by atoms with Gasteiger partial charge in [-0.1, -0.05) is 13.8 Å². The first kappa shape index (κ1) is 11.9. The molecule has 0 saturated heterocycles. The van der Waals surface area contributed by atoms with E-state index in [2.05, 4.69) is 10.1 Å². The van der Waals surface area contributed by atoms with Crippen LogP contribution in [-0.4, -0.2) is 14.6 Å². The van der Waals surface area contributed by atoms with Gasteiger partial charge in [0.1, 0.15) is 0 Å². The second-order valence-electron chi connectivity index (χ2n) is 4.22. The quantitative estimate of drug-likeness (QED) is 0.770. The number of fused-ring (bicyclic) bond motifs is 1. The van der Waals surface area contributed by atoms with Crippen molar-refractivity contribution in [3.05, 3.63) is 29.2 Å². The topological polar surface area (TPSA) is 30.2 Å². The molecule has 0 spiro atoms. The van der Waals surface area contributed by atoms with Crippen molar-refractivity contribution in [2.24, 2.45) is 0 Å². The minimum Gasteiger partial charge on any atom is -0.217 e. The molecule has 2 aromatic heterocycles. The molecule has 3 nitrogen and oxygen atoms in total. The summed E-state index contributed by atoms with van der Waals surface area (Å²) in [4.78, 5) is 4.18. The van der Waals surface area contributed by atoms with E-state index in [-0.39, 0.29) is 11.6 Å². The number of nitrogens with zero attached hydrogens (tertiary/aromatic N) is 3. The van der Waals surface area contributed by atoms with Gasteiger partial charge in [-0.15, -0.1) is 0 Å². The molecule has 2 rings (SSSR count). The third-order valence-electron chi connectivity index (χ3n) is 2.58. The maximum atomic E-state index is 12.7. The molecule has 0 aliphatic carbocycles. The number of hydrogen-bond donors (Lipinski definition) is 0. The van der Waals surface area contributed by atoms with Crippen LogP contribution in [0.2, 0.25) is 0 Å². The van der Waals surface area contributed by atoms with Crippen LogP contribution in [0, 0.1) is 6.92 Å². The predicted molar refractivity (Wildman–Crippen MR) is 56.8 cm³/mol. The van der Waals surface area contributed by atoms with Crippen molar-refractivity contribution in [2.75, 3.05) is 0 Å². The Labute approximate surface area is 96.3 Å². The number of hydrogen-bond acceptors (Lipinski definition) is 2. The summed E-state index contributed by atoms with van der Waals surface area (Å²) in [6.07, 6.45) is -4.36. The summed E-state index contributed by atoms with van der Waals surface area (Å²) >= 11 is 0. The van der Waals surface area contributed by atoms with E-state index in [1.165, 1.54) is 17.5 Å². The Kier molecular flexibility index (Phi) is 2.60. The van der Waals surface area contributed by atoms with Gasteiger partial charge in [-0.2, -0.15) is 18.3 Å². The van der Waals surface area contributed by atoms with Gasteiger partial charge in [-0.25, -0.2) is 9.50 Å². The molecule has 0 unspecified atom stereocenters. The molecule has 6 heteroatoms. The Hall–Kier alpha value is -1.59. The first-order valence-electron chi connectivity index (χ1n) is 5.24. The lowest BCUT2D eigenvalue weighted by atomic mass is 10.2. The average Bonchev–Trinajstić information content (AvgIpc) is 2.60. The van der Waals surface area contributed by atoms with E-state index in [9.17, 15) is 13.2 Å². The van der Waals surface area contributed by atoms with Gasteiger partial charge < -0.3 is 0 Å². The summed E-state index contributed by atoms with van der Waals surface area (Å²) in [5.74, 6) is 0.635. The zero-order valence-electron chi connectivity index (χ0n) is 9.71. The Morgan fingerprint density at radius 3 is 2.41 bits per heavy atom. The molecule has 0 amide bonds. The fraction of sp³-hybridized carbons (Fsp3) is 0.455. The number of aromatic nitrogens is 3. The number of halogens is 3. The maximum Gasteiger partial charge on any atom is 0.418 e. The molecular formula is C11H12F3N3. The van der Waals surface area contributed by atoms with Crippen LogP contribution < -0.4 is 0 Å². The number of aryl methyl sites for hydroxylation is 1. The third kappa shape index (κ3) is 1.99. The van der Waals surface area contributed by atoms with Gasteiger partial charge in [0.2, 0.25) is 0 Å². The maximum absolute atomic E-state index is 12.7. The fourth-order valence-corrected chi connectivity index (χ4v) is 1.63. The van der Waals surface area contributed by atoms with Crippen LogP contribution in [0.15, 0.2) is 12.1 Å². The van der Waals surface area contributed by atoms with E-state index in [0.29, 0.717) is 11.5 Å². The fourth-order valence-electron chi connectivity index (χ4n) is 1.63. The average molecular weight is 243 g/mol.